The summed E-state index contributed by atoms with van der Waals surface area (Å²) < 4.78 is 20.2. The van der Waals surface area contributed by atoms with E-state index in [1.807, 2.05) is 25.5 Å². The van der Waals surface area contributed by atoms with E-state index in [0.29, 0.717) is 11.7 Å². The van der Waals surface area contributed by atoms with Gasteiger partial charge in [-0.25, -0.2) is 4.39 Å². The predicted molar refractivity (Wildman–Crippen MR) is 103 cm³/mol. The smallest absolute Gasteiger partial charge is 0.170 e. The van der Waals surface area contributed by atoms with Crippen LogP contribution >= 0.6 is 12.2 Å². The zero-order valence-corrected chi connectivity index (χ0v) is 15.8. The minimum absolute atomic E-state index is 0.236. The Morgan fingerprint density at radius 3 is 2.68 bits per heavy atom. The van der Waals surface area contributed by atoms with Gasteiger partial charge in [0.15, 0.2) is 5.11 Å². The average molecular weight is 364 g/mol. The quantitative estimate of drug-likeness (QED) is 0.555. The van der Waals surface area contributed by atoms with Crippen molar-refractivity contribution >= 4 is 23.0 Å². The molecule has 0 spiro atoms. The fourth-order valence-corrected chi connectivity index (χ4v) is 2.68. The molecule has 2 N–H and O–H groups in total. The molecule has 0 bridgehead atoms. The maximum absolute atomic E-state index is 13.0. The van der Waals surface area contributed by atoms with Crippen LogP contribution in [-0.2, 0) is 11.3 Å². The van der Waals surface area contributed by atoms with Crippen LogP contribution in [0, 0.1) is 19.7 Å². The summed E-state index contributed by atoms with van der Waals surface area (Å²) in [7, 11) is 0. The van der Waals surface area contributed by atoms with Crippen LogP contribution in [0.3, 0.4) is 0 Å². The summed E-state index contributed by atoms with van der Waals surface area (Å²) in [5.41, 5.74) is 3.76. The summed E-state index contributed by atoms with van der Waals surface area (Å²) in [6, 6.07) is 6.45. The number of anilines is 1. The molecule has 0 radical (unpaired) electrons. The number of hydrogen-bond acceptors (Lipinski definition) is 3. The molecule has 1 aromatic carbocycles. The minimum atomic E-state index is -0.236. The van der Waals surface area contributed by atoms with Crippen molar-refractivity contribution < 1.29 is 9.13 Å². The lowest BCUT2D eigenvalue weighted by atomic mass is 10.2. The first-order valence-electron chi connectivity index (χ1n) is 8.42. The molecule has 0 aliphatic rings. The molecule has 25 heavy (non-hydrogen) atoms. The second-order valence-electron chi connectivity index (χ2n) is 5.76. The van der Waals surface area contributed by atoms with E-state index < -0.39 is 0 Å². The summed E-state index contributed by atoms with van der Waals surface area (Å²) in [4.78, 5) is 0. The largest absolute Gasteiger partial charge is 0.382 e. The van der Waals surface area contributed by atoms with E-state index in [0.717, 1.165) is 48.8 Å². The Morgan fingerprint density at radius 1 is 1.28 bits per heavy atom. The highest BCUT2D eigenvalue weighted by molar-refractivity contribution is 7.80. The summed E-state index contributed by atoms with van der Waals surface area (Å²) in [6.45, 7) is 8.71. The first-order valence-corrected chi connectivity index (χ1v) is 8.83. The summed E-state index contributed by atoms with van der Waals surface area (Å²) in [5.74, 6) is -0.236. The van der Waals surface area contributed by atoms with Gasteiger partial charge < -0.3 is 15.4 Å². The molecular weight excluding hydrogens is 339 g/mol. The number of aryl methyl sites for hydroxylation is 1. The molecule has 0 saturated heterocycles. The highest BCUT2D eigenvalue weighted by Crippen LogP contribution is 2.20. The molecule has 2 rings (SSSR count). The molecule has 2 aromatic rings. The zero-order valence-electron chi connectivity index (χ0n) is 14.9. The van der Waals surface area contributed by atoms with Gasteiger partial charge in [-0.3, -0.25) is 4.68 Å². The van der Waals surface area contributed by atoms with Gasteiger partial charge in [0.05, 0.1) is 23.6 Å². The third-order valence-corrected chi connectivity index (χ3v) is 4.07. The van der Waals surface area contributed by atoms with Gasteiger partial charge in [0, 0.05) is 19.8 Å². The Labute approximate surface area is 153 Å². The molecule has 0 amide bonds. The van der Waals surface area contributed by atoms with Crippen molar-refractivity contribution in [1.82, 2.24) is 15.1 Å². The highest BCUT2D eigenvalue weighted by Gasteiger charge is 2.13. The highest BCUT2D eigenvalue weighted by atomic mass is 32.1. The lowest BCUT2D eigenvalue weighted by Gasteiger charge is -2.11. The van der Waals surface area contributed by atoms with E-state index in [1.165, 1.54) is 12.1 Å². The number of nitrogens with zero attached hydrogens (tertiary/aromatic N) is 2. The van der Waals surface area contributed by atoms with Gasteiger partial charge >= 0.3 is 0 Å². The van der Waals surface area contributed by atoms with Gasteiger partial charge in [0.25, 0.3) is 0 Å². The topological polar surface area (TPSA) is 51.1 Å². The van der Waals surface area contributed by atoms with E-state index in [2.05, 4.69) is 15.7 Å². The molecule has 0 aliphatic carbocycles. The maximum Gasteiger partial charge on any atom is 0.170 e. The fraction of sp³-hybridized carbons (Fsp3) is 0.444. The van der Waals surface area contributed by atoms with Gasteiger partial charge in [0.1, 0.15) is 5.82 Å². The molecule has 0 unspecified atom stereocenters. The second kappa shape index (κ2) is 9.48. The van der Waals surface area contributed by atoms with Gasteiger partial charge in [0.2, 0.25) is 0 Å². The molecule has 7 heteroatoms. The van der Waals surface area contributed by atoms with Crippen LogP contribution < -0.4 is 10.6 Å². The summed E-state index contributed by atoms with van der Waals surface area (Å²) in [6.07, 6.45) is 0.900. The fourth-order valence-electron chi connectivity index (χ4n) is 2.47. The molecule has 0 atom stereocenters. The molecular formula is C18H25FN4OS. The normalized spacial score (nSPS) is 10.7. The number of nitrogens with one attached hydrogen (secondary N) is 2. The Morgan fingerprint density at radius 2 is 2.00 bits per heavy atom. The molecule has 1 heterocycles. The third kappa shape index (κ3) is 5.79. The molecule has 1 aromatic heterocycles. The predicted octanol–water partition coefficient (Wildman–Crippen LogP) is 3.40. The van der Waals surface area contributed by atoms with E-state index in [9.17, 15) is 4.39 Å². The first-order chi connectivity index (χ1) is 12.0. The SMILES string of the molecule is CCOCCCNC(=S)Nc1c(C)nn(Cc2ccc(F)cc2)c1C. The van der Waals surface area contributed by atoms with Crippen LogP contribution in [-0.4, -0.2) is 34.7 Å². The van der Waals surface area contributed by atoms with Crippen molar-refractivity contribution in [2.45, 2.75) is 33.7 Å². The van der Waals surface area contributed by atoms with Crippen LogP contribution in [0.1, 0.15) is 30.3 Å². The monoisotopic (exact) mass is 364 g/mol. The van der Waals surface area contributed by atoms with Crippen LogP contribution in [0.2, 0.25) is 0 Å². The van der Waals surface area contributed by atoms with Crippen molar-refractivity contribution in [3.8, 4) is 0 Å². The molecule has 136 valence electrons. The maximum atomic E-state index is 13.0. The number of benzene rings is 1. The lowest BCUT2D eigenvalue weighted by molar-refractivity contribution is 0.146. The number of rotatable bonds is 8. The number of aromatic nitrogens is 2. The molecule has 0 saturated carbocycles. The Bertz CT molecular complexity index is 700. The first kappa shape index (κ1) is 19.3. The molecule has 5 nitrogen and oxygen atoms in total. The molecule has 0 aliphatic heterocycles. The van der Waals surface area contributed by atoms with E-state index >= 15 is 0 Å². The van der Waals surface area contributed by atoms with Gasteiger partial charge in [-0.05, 0) is 57.1 Å². The number of ether oxygens (including phenoxy) is 1. The Hall–Kier alpha value is -1.99. The van der Waals surface area contributed by atoms with Crippen molar-refractivity contribution in [3.05, 3.63) is 47.0 Å². The Balaban J connectivity index is 1.94. The number of thiocarbonyl (C=S) groups is 1. The lowest BCUT2D eigenvalue weighted by Crippen LogP contribution is -2.30. The minimum Gasteiger partial charge on any atom is -0.382 e. The van der Waals surface area contributed by atoms with Gasteiger partial charge in [-0.2, -0.15) is 5.10 Å². The van der Waals surface area contributed by atoms with Crippen LogP contribution in [0.25, 0.3) is 0 Å². The molecule has 0 fully saturated rings. The van der Waals surface area contributed by atoms with E-state index in [1.54, 1.807) is 12.1 Å². The van der Waals surface area contributed by atoms with Crippen LogP contribution in [0.4, 0.5) is 10.1 Å². The summed E-state index contributed by atoms with van der Waals surface area (Å²) >= 11 is 5.34. The van der Waals surface area contributed by atoms with E-state index in [4.69, 9.17) is 17.0 Å². The van der Waals surface area contributed by atoms with Crippen molar-refractivity contribution in [2.75, 3.05) is 25.1 Å². The standard InChI is InChI=1S/C18H25FN4OS/c1-4-24-11-5-10-20-18(25)21-17-13(2)22-23(14(17)3)12-15-6-8-16(19)9-7-15/h6-9H,4-5,10-12H2,1-3H3,(H2,20,21,25). The van der Waals surface area contributed by atoms with Gasteiger partial charge in [-0.15, -0.1) is 0 Å². The van der Waals surface area contributed by atoms with Gasteiger partial charge in [-0.1, -0.05) is 12.1 Å². The van der Waals surface area contributed by atoms with Crippen molar-refractivity contribution in [3.63, 3.8) is 0 Å². The van der Waals surface area contributed by atoms with Crippen molar-refractivity contribution in [1.29, 1.82) is 0 Å². The third-order valence-electron chi connectivity index (χ3n) is 3.82. The number of hydrogen-bond donors (Lipinski definition) is 2. The van der Waals surface area contributed by atoms with Crippen molar-refractivity contribution in [2.24, 2.45) is 0 Å². The second-order valence-corrected chi connectivity index (χ2v) is 6.17. The van der Waals surface area contributed by atoms with Crippen LogP contribution in [0.15, 0.2) is 24.3 Å². The average Bonchev–Trinajstić information content (AvgIpc) is 2.84. The Kier molecular flexibility index (Phi) is 7.33. The summed E-state index contributed by atoms with van der Waals surface area (Å²) in [5, 5.41) is 11.5. The van der Waals surface area contributed by atoms with Crippen LogP contribution in [0.5, 0.6) is 0 Å². The number of halogens is 1. The van der Waals surface area contributed by atoms with E-state index in [-0.39, 0.29) is 5.82 Å². The zero-order chi connectivity index (χ0) is 18.2.